The molecule has 0 amide bonds. The van der Waals surface area contributed by atoms with Crippen LogP contribution in [0.5, 0.6) is 5.75 Å². The molecule has 0 N–H and O–H groups in total. The molecule has 0 radical (unpaired) electrons. The maximum atomic E-state index is 10.9. The number of nitro benzene ring substituents is 1. The van der Waals surface area contributed by atoms with Crippen LogP contribution in [0.15, 0.2) is 65.7 Å². The second-order valence-corrected chi connectivity index (χ2v) is 8.63. The number of hydrogen-bond acceptors (Lipinski definition) is 8. The van der Waals surface area contributed by atoms with Gasteiger partial charge in [0.05, 0.1) is 22.6 Å². The van der Waals surface area contributed by atoms with E-state index in [9.17, 15) is 10.1 Å². The van der Waals surface area contributed by atoms with Gasteiger partial charge in [-0.2, -0.15) is 0 Å². The predicted octanol–water partition coefficient (Wildman–Crippen LogP) is 5.78. The lowest BCUT2D eigenvalue weighted by molar-refractivity contribution is -0.384. The number of nitro groups is 1. The lowest BCUT2D eigenvalue weighted by Crippen LogP contribution is -1.91. The summed E-state index contributed by atoms with van der Waals surface area (Å²) in [6.07, 6.45) is 0. The molecule has 7 nitrogen and oxygen atoms in total. The highest BCUT2D eigenvalue weighted by Gasteiger charge is 2.14. The van der Waals surface area contributed by atoms with E-state index in [2.05, 4.69) is 15.2 Å². The van der Waals surface area contributed by atoms with Crippen LogP contribution in [0.4, 0.5) is 5.69 Å². The van der Waals surface area contributed by atoms with Crippen molar-refractivity contribution in [3.05, 3.63) is 82.0 Å². The molecule has 156 valence electrons. The summed E-state index contributed by atoms with van der Waals surface area (Å²) < 4.78 is 5.30. The van der Waals surface area contributed by atoms with Gasteiger partial charge in [0.2, 0.25) is 0 Å². The van der Waals surface area contributed by atoms with Crippen LogP contribution in [0.1, 0.15) is 11.3 Å². The number of non-ortho nitro benzene ring substituents is 1. The topological polar surface area (TPSA) is 91.0 Å². The first-order chi connectivity index (χ1) is 15.0. The van der Waals surface area contributed by atoms with E-state index >= 15 is 0 Å². The molecule has 0 aliphatic heterocycles. The molecule has 0 aliphatic rings. The minimum Gasteiger partial charge on any atom is -0.497 e. The van der Waals surface area contributed by atoms with Crippen molar-refractivity contribution in [2.45, 2.75) is 17.7 Å². The minimum atomic E-state index is -0.389. The Kier molecular flexibility index (Phi) is 6.24. The minimum absolute atomic E-state index is 0.0899. The van der Waals surface area contributed by atoms with Gasteiger partial charge in [-0.3, -0.25) is 10.1 Å². The van der Waals surface area contributed by atoms with Crippen molar-refractivity contribution >= 4 is 28.8 Å². The van der Waals surface area contributed by atoms with Crippen molar-refractivity contribution in [2.75, 3.05) is 7.11 Å². The molecule has 0 atom stereocenters. The molecule has 4 aromatic rings. The Bertz CT molecular complexity index is 1230. The molecule has 0 aliphatic carbocycles. The number of thioether (sulfide) groups is 1. The molecule has 2 aromatic heterocycles. The van der Waals surface area contributed by atoms with Crippen molar-refractivity contribution in [1.29, 1.82) is 0 Å². The molecule has 0 saturated heterocycles. The summed E-state index contributed by atoms with van der Waals surface area (Å²) in [6, 6.07) is 18.3. The smallest absolute Gasteiger partial charge is 0.269 e. The molecular formula is C22H18N4O3S2. The summed E-state index contributed by atoms with van der Waals surface area (Å²) in [4.78, 5) is 16.2. The van der Waals surface area contributed by atoms with Gasteiger partial charge in [0, 0.05) is 23.4 Å². The molecule has 4 rings (SSSR count). The van der Waals surface area contributed by atoms with Gasteiger partial charge in [0.25, 0.3) is 5.69 Å². The summed E-state index contributed by atoms with van der Waals surface area (Å²) in [5, 5.41) is 21.3. The van der Waals surface area contributed by atoms with Gasteiger partial charge >= 0.3 is 0 Å². The fourth-order valence-electron chi connectivity index (χ4n) is 2.95. The van der Waals surface area contributed by atoms with Gasteiger partial charge in [-0.15, -0.1) is 21.5 Å². The van der Waals surface area contributed by atoms with Crippen molar-refractivity contribution in [3.8, 4) is 26.9 Å². The lowest BCUT2D eigenvalue weighted by Gasteiger charge is -2.02. The van der Waals surface area contributed by atoms with E-state index in [0.29, 0.717) is 5.75 Å². The monoisotopic (exact) mass is 450 g/mol. The normalized spacial score (nSPS) is 10.8. The van der Waals surface area contributed by atoms with Crippen LogP contribution in [0, 0.1) is 17.0 Å². The quantitative estimate of drug-likeness (QED) is 0.200. The number of hydrogen-bond donors (Lipinski definition) is 0. The molecule has 2 aromatic carbocycles. The number of aromatic nitrogens is 3. The summed E-state index contributed by atoms with van der Waals surface area (Å²) >= 11 is 3.05. The van der Waals surface area contributed by atoms with Crippen molar-refractivity contribution in [2.24, 2.45) is 0 Å². The van der Waals surface area contributed by atoms with Crippen molar-refractivity contribution < 1.29 is 9.66 Å². The summed E-state index contributed by atoms with van der Waals surface area (Å²) in [5.41, 5.74) is 3.62. The van der Waals surface area contributed by atoms with E-state index in [1.807, 2.05) is 49.4 Å². The SMILES string of the molecule is COc1cccc(-c2nc(C)c(-c3ccc(SCc4cccc([N+](=O)[O-])c4)nn3)s2)c1. The average molecular weight is 451 g/mol. The Hall–Kier alpha value is -3.30. The number of rotatable bonds is 7. The highest BCUT2D eigenvalue weighted by Crippen LogP contribution is 2.35. The Balaban J connectivity index is 1.49. The van der Waals surface area contributed by atoms with Crippen LogP contribution in [0.2, 0.25) is 0 Å². The van der Waals surface area contributed by atoms with Crippen LogP contribution < -0.4 is 4.74 Å². The summed E-state index contributed by atoms with van der Waals surface area (Å²) in [5.74, 6) is 1.37. The molecule has 2 heterocycles. The number of thiazole rings is 1. The van der Waals surface area contributed by atoms with Gasteiger partial charge < -0.3 is 4.74 Å². The standard InChI is InChI=1S/C22H18N4O3S2/c1-14-21(31-22(23-14)16-6-4-8-18(12-16)29-2)19-9-10-20(25-24-19)30-13-15-5-3-7-17(11-15)26(27)28/h3-12H,13H2,1-2H3. The number of benzene rings is 2. The molecule has 31 heavy (non-hydrogen) atoms. The third-order valence-corrected chi connectivity index (χ3v) is 6.71. The number of nitrogens with zero attached hydrogens (tertiary/aromatic N) is 4. The zero-order valence-corrected chi connectivity index (χ0v) is 18.4. The molecule has 0 saturated carbocycles. The first kappa shape index (κ1) is 21.0. The zero-order chi connectivity index (χ0) is 21.8. The maximum Gasteiger partial charge on any atom is 0.269 e. The highest BCUT2D eigenvalue weighted by molar-refractivity contribution is 7.98. The van der Waals surface area contributed by atoms with Crippen molar-refractivity contribution in [1.82, 2.24) is 15.2 Å². The average Bonchev–Trinajstić information content (AvgIpc) is 3.20. The zero-order valence-electron chi connectivity index (χ0n) is 16.8. The third kappa shape index (κ3) is 4.89. The fourth-order valence-corrected chi connectivity index (χ4v) is 4.73. The molecule has 0 bridgehead atoms. The van der Waals surface area contributed by atoms with E-state index in [-0.39, 0.29) is 10.6 Å². The third-order valence-electron chi connectivity index (χ3n) is 4.49. The van der Waals surface area contributed by atoms with E-state index in [4.69, 9.17) is 4.74 Å². The summed E-state index contributed by atoms with van der Waals surface area (Å²) in [7, 11) is 1.64. The lowest BCUT2D eigenvalue weighted by atomic mass is 10.2. The molecule has 0 fully saturated rings. The Morgan fingerprint density at radius 1 is 1.10 bits per heavy atom. The molecule has 0 unspecified atom stereocenters. The van der Waals surface area contributed by atoms with Gasteiger partial charge in [0.1, 0.15) is 21.5 Å². The first-order valence-electron chi connectivity index (χ1n) is 9.35. The Morgan fingerprint density at radius 2 is 1.94 bits per heavy atom. The van der Waals surface area contributed by atoms with Gasteiger partial charge in [-0.25, -0.2) is 4.98 Å². The fraction of sp³-hybridized carbons (Fsp3) is 0.136. The molecule has 0 spiro atoms. The van der Waals surface area contributed by atoms with E-state index in [1.54, 1.807) is 30.6 Å². The van der Waals surface area contributed by atoms with Gasteiger partial charge in [-0.1, -0.05) is 36.0 Å². The second-order valence-electron chi connectivity index (χ2n) is 6.64. The molecule has 9 heteroatoms. The molecular weight excluding hydrogens is 432 g/mol. The summed E-state index contributed by atoms with van der Waals surface area (Å²) in [6.45, 7) is 1.96. The maximum absolute atomic E-state index is 10.9. The highest BCUT2D eigenvalue weighted by atomic mass is 32.2. The van der Waals surface area contributed by atoms with Crippen LogP contribution in [-0.4, -0.2) is 27.2 Å². The van der Waals surface area contributed by atoms with Crippen LogP contribution >= 0.6 is 23.1 Å². The van der Waals surface area contributed by atoms with E-state index in [1.165, 1.54) is 17.8 Å². The Labute approximate surface area is 187 Å². The van der Waals surface area contributed by atoms with Crippen LogP contribution in [0.3, 0.4) is 0 Å². The van der Waals surface area contributed by atoms with Crippen LogP contribution in [-0.2, 0) is 5.75 Å². The van der Waals surface area contributed by atoms with Crippen LogP contribution in [0.25, 0.3) is 21.1 Å². The van der Waals surface area contributed by atoms with E-state index < -0.39 is 0 Å². The largest absolute Gasteiger partial charge is 0.497 e. The second kappa shape index (κ2) is 9.23. The van der Waals surface area contributed by atoms with E-state index in [0.717, 1.165) is 43.2 Å². The number of aryl methyl sites for hydroxylation is 1. The first-order valence-corrected chi connectivity index (χ1v) is 11.2. The van der Waals surface area contributed by atoms with Gasteiger partial charge in [0.15, 0.2) is 0 Å². The van der Waals surface area contributed by atoms with Crippen molar-refractivity contribution in [3.63, 3.8) is 0 Å². The number of ether oxygens (including phenoxy) is 1. The number of methoxy groups -OCH3 is 1. The van der Waals surface area contributed by atoms with Gasteiger partial charge in [-0.05, 0) is 36.8 Å². The Morgan fingerprint density at radius 3 is 2.68 bits per heavy atom. The predicted molar refractivity (Wildman–Crippen MR) is 123 cm³/mol.